The molecule has 1 atom stereocenters. The van der Waals surface area contributed by atoms with Gasteiger partial charge in [-0.1, -0.05) is 11.6 Å². The first-order valence-corrected chi connectivity index (χ1v) is 6.90. The number of benzene rings is 1. The Morgan fingerprint density at radius 2 is 2.11 bits per heavy atom. The largest absolute Gasteiger partial charge is 0.480 e. The number of carbonyl (C=O) groups is 1. The lowest BCUT2D eigenvalue weighted by Crippen LogP contribution is -2.37. The highest BCUT2D eigenvalue weighted by Crippen LogP contribution is 2.26. The van der Waals surface area contributed by atoms with Gasteiger partial charge in [0.25, 0.3) is 5.69 Å². The van der Waals surface area contributed by atoms with E-state index in [0.29, 0.717) is 0 Å². The Bertz CT molecular complexity index is 558. The Hall–Kier alpha value is -1.47. The van der Waals surface area contributed by atoms with Crippen LogP contribution >= 0.6 is 11.6 Å². The van der Waals surface area contributed by atoms with Crippen molar-refractivity contribution in [3.63, 3.8) is 0 Å². The number of rotatable bonds is 5. The zero-order valence-corrected chi connectivity index (χ0v) is 11.8. The normalized spacial score (nSPS) is 13.0. The van der Waals surface area contributed by atoms with E-state index in [1.54, 1.807) is 0 Å². The van der Waals surface area contributed by atoms with Gasteiger partial charge in [0.05, 0.1) is 10.7 Å². The Kier molecular flexibility index (Phi) is 4.65. The van der Waals surface area contributed by atoms with Crippen LogP contribution in [0.1, 0.15) is 19.4 Å². The molecule has 1 aromatic rings. The first kappa shape index (κ1) is 15.6. The van der Waals surface area contributed by atoms with E-state index in [1.807, 2.05) is 0 Å². The molecule has 0 amide bonds. The Morgan fingerprint density at radius 1 is 1.53 bits per heavy atom. The predicted molar refractivity (Wildman–Crippen MR) is 71.7 cm³/mol. The van der Waals surface area contributed by atoms with Crippen LogP contribution in [-0.4, -0.2) is 25.0 Å². The molecular formula is C11H12ClNO5S. The molecule has 0 aliphatic heterocycles. The lowest BCUT2D eigenvalue weighted by molar-refractivity contribution is -0.385. The van der Waals surface area contributed by atoms with Gasteiger partial charge in [0.15, 0.2) is 0 Å². The van der Waals surface area contributed by atoms with Crippen LogP contribution in [0.4, 0.5) is 5.69 Å². The molecule has 1 aromatic carbocycles. The van der Waals surface area contributed by atoms with Crippen LogP contribution in [0, 0.1) is 10.1 Å². The number of nitro groups is 1. The average Bonchev–Trinajstić information content (AvgIpc) is 2.28. The maximum Gasteiger partial charge on any atom is 0.321 e. The molecule has 0 aliphatic rings. The van der Waals surface area contributed by atoms with Crippen LogP contribution in [0.2, 0.25) is 5.02 Å². The standard InChI is InChI=1S/C11H12ClNO5S/c1-11(2,10(14)15)19(18)6-7-5-8(12)3-4-9(7)13(16)17/h3-5H,6H2,1-2H3,(H,14,15). The van der Waals surface area contributed by atoms with Crippen molar-refractivity contribution in [1.29, 1.82) is 0 Å². The molecule has 1 unspecified atom stereocenters. The number of carboxylic acid groups (broad SMARTS) is 1. The highest BCUT2D eigenvalue weighted by molar-refractivity contribution is 7.86. The van der Waals surface area contributed by atoms with Gasteiger partial charge in [-0.3, -0.25) is 19.1 Å². The number of hydrogen-bond donors (Lipinski definition) is 1. The summed E-state index contributed by atoms with van der Waals surface area (Å²) in [5.41, 5.74) is -0.0657. The van der Waals surface area contributed by atoms with E-state index in [-0.39, 0.29) is 22.0 Å². The van der Waals surface area contributed by atoms with Crippen LogP contribution < -0.4 is 0 Å². The fourth-order valence-electron chi connectivity index (χ4n) is 1.27. The van der Waals surface area contributed by atoms with E-state index in [0.717, 1.165) is 0 Å². The van der Waals surface area contributed by atoms with Gasteiger partial charge in [0.1, 0.15) is 4.75 Å². The fourth-order valence-corrected chi connectivity index (χ4v) is 2.53. The van der Waals surface area contributed by atoms with E-state index in [1.165, 1.54) is 32.0 Å². The second-order valence-electron chi connectivity index (χ2n) is 4.34. The first-order chi connectivity index (χ1) is 8.66. The van der Waals surface area contributed by atoms with Gasteiger partial charge in [-0.05, 0) is 26.0 Å². The zero-order valence-electron chi connectivity index (χ0n) is 10.3. The molecule has 6 nitrogen and oxygen atoms in total. The number of carboxylic acids is 1. The maximum atomic E-state index is 12.0. The second-order valence-corrected chi connectivity index (χ2v) is 6.77. The molecule has 104 valence electrons. The lowest BCUT2D eigenvalue weighted by Gasteiger charge is -2.18. The van der Waals surface area contributed by atoms with Crippen molar-refractivity contribution in [3.8, 4) is 0 Å². The third kappa shape index (κ3) is 3.51. The summed E-state index contributed by atoms with van der Waals surface area (Å²) < 4.78 is 10.5. The molecule has 1 N–H and O–H groups in total. The summed E-state index contributed by atoms with van der Waals surface area (Å²) in [5, 5.41) is 20.1. The Morgan fingerprint density at radius 3 is 2.58 bits per heavy atom. The molecule has 0 aliphatic carbocycles. The summed E-state index contributed by atoms with van der Waals surface area (Å²) in [6.45, 7) is 2.61. The smallest absolute Gasteiger partial charge is 0.321 e. The molecule has 0 saturated carbocycles. The van der Waals surface area contributed by atoms with Crippen molar-refractivity contribution in [2.45, 2.75) is 24.3 Å². The highest BCUT2D eigenvalue weighted by atomic mass is 35.5. The Balaban J connectivity index is 3.12. The topological polar surface area (TPSA) is 97.5 Å². The van der Waals surface area contributed by atoms with Crippen molar-refractivity contribution in [1.82, 2.24) is 0 Å². The van der Waals surface area contributed by atoms with Gasteiger partial charge in [0.2, 0.25) is 0 Å². The molecule has 1 rings (SSSR count). The van der Waals surface area contributed by atoms with Crippen molar-refractivity contribution in [2.24, 2.45) is 0 Å². The van der Waals surface area contributed by atoms with Crippen molar-refractivity contribution in [3.05, 3.63) is 38.9 Å². The number of nitro benzene ring substituents is 1. The van der Waals surface area contributed by atoms with E-state index < -0.39 is 26.4 Å². The van der Waals surface area contributed by atoms with E-state index in [9.17, 15) is 19.1 Å². The molecule has 8 heteroatoms. The maximum absolute atomic E-state index is 12.0. The molecule has 0 heterocycles. The van der Waals surface area contributed by atoms with Crippen LogP contribution in [-0.2, 0) is 21.3 Å². The third-order valence-electron chi connectivity index (χ3n) is 2.61. The van der Waals surface area contributed by atoms with E-state index in [2.05, 4.69) is 0 Å². The summed E-state index contributed by atoms with van der Waals surface area (Å²) in [6.07, 6.45) is 0. The molecule has 19 heavy (non-hydrogen) atoms. The number of nitrogens with zero attached hydrogens (tertiary/aromatic N) is 1. The van der Waals surface area contributed by atoms with Gasteiger partial charge in [-0.25, -0.2) is 0 Å². The predicted octanol–water partition coefficient (Wildman–Crippen LogP) is 2.36. The Labute approximate surface area is 117 Å². The lowest BCUT2D eigenvalue weighted by atomic mass is 10.2. The second kappa shape index (κ2) is 5.66. The van der Waals surface area contributed by atoms with E-state index >= 15 is 0 Å². The molecule has 0 bridgehead atoms. The molecule has 0 radical (unpaired) electrons. The highest BCUT2D eigenvalue weighted by Gasteiger charge is 2.35. The van der Waals surface area contributed by atoms with Gasteiger partial charge in [0, 0.05) is 27.5 Å². The van der Waals surface area contributed by atoms with Crippen molar-refractivity contribution >= 4 is 34.1 Å². The van der Waals surface area contributed by atoms with Gasteiger partial charge >= 0.3 is 5.97 Å². The molecule has 0 spiro atoms. The van der Waals surface area contributed by atoms with Gasteiger partial charge in [-0.2, -0.15) is 0 Å². The van der Waals surface area contributed by atoms with Crippen molar-refractivity contribution < 1.29 is 19.0 Å². The molecular weight excluding hydrogens is 294 g/mol. The van der Waals surface area contributed by atoms with Crippen LogP contribution in [0.5, 0.6) is 0 Å². The van der Waals surface area contributed by atoms with Gasteiger partial charge < -0.3 is 5.11 Å². The molecule has 0 saturated heterocycles. The monoisotopic (exact) mass is 305 g/mol. The first-order valence-electron chi connectivity index (χ1n) is 5.21. The fraction of sp³-hybridized carbons (Fsp3) is 0.364. The summed E-state index contributed by atoms with van der Waals surface area (Å²) in [5.74, 6) is -1.47. The summed E-state index contributed by atoms with van der Waals surface area (Å²) >= 11 is 5.74. The minimum absolute atomic E-state index is 0.158. The van der Waals surface area contributed by atoms with E-state index in [4.69, 9.17) is 16.7 Å². The SMILES string of the molecule is CC(C)(C(=O)O)S(=O)Cc1cc(Cl)ccc1[N+](=O)[O-]. The zero-order chi connectivity index (χ0) is 14.8. The molecule has 0 fully saturated rings. The minimum Gasteiger partial charge on any atom is -0.480 e. The number of aliphatic carboxylic acids is 1. The van der Waals surface area contributed by atoms with Gasteiger partial charge in [-0.15, -0.1) is 0 Å². The van der Waals surface area contributed by atoms with Crippen LogP contribution in [0.15, 0.2) is 18.2 Å². The molecule has 0 aromatic heterocycles. The van der Waals surface area contributed by atoms with Crippen LogP contribution in [0.3, 0.4) is 0 Å². The summed E-state index contributed by atoms with van der Waals surface area (Å²) in [6, 6.07) is 3.90. The summed E-state index contributed by atoms with van der Waals surface area (Å²) in [7, 11) is -1.81. The van der Waals surface area contributed by atoms with Crippen molar-refractivity contribution in [2.75, 3.05) is 0 Å². The van der Waals surface area contributed by atoms with Crippen LogP contribution in [0.25, 0.3) is 0 Å². The average molecular weight is 306 g/mol. The number of halogens is 1. The number of hydrogen-bond acceptors (Lipinski definition) is 4. The minimum atomic E-state index is -1.81. The quantitative estimate of drug-likeness (QED) is 0.665. The third-order valence-corrected chi connectivity index (χ3v) is 4.73. The summed E-state index contributed by atoms with van der Waals surface area (Å²) in [4.78, 5) is 21.2.